The number of nitrogens with one attached hydrogen (secondary N) is 2. The average molecular weight is 387 g/mol. The number of carbonyl (C=O) groups excluding carboxylic acids is 1. The first-order valence-electron chi connectivity index (χ1n) is 9.01. The highest BCUT2D eigenvalue weighted by atomic mass is 19.1. The van der Waals surface area contributed by atoms with Crippen LogP contribution in [0.15, 0.2) is 41.4 Å². The van der Waals surface area contributed by atoms with E-state index in [9.17, 15) is 9.18 Å². The Bertz CT molecular complexity index is 853. The van der Waals surface area contributed by atoms with Crippen molar-refractivity contribution in [3.8, 4) is 5.75 Å². The first-order chi connectivity index (χ1) is 13.5. The van der Waals surface area contributed by atoms with E-state index in [1.807, 2.05) is 13.0 Å². The number of aryl methyl sites for hydroxylation is 1. The van der Waals surface area contributed by atoms with Crippen LogP contribution < -0.4 is 15.4 Å². The van der Waals surface area contributed by atoms with Gasteiger partial charge >= 0.3 is 5.97 Å². The Hall–Kier alpha value is -3.09. The molecule has 0 aromatic heterocycles. The molecule has 0 unspecified atom stereocenters. The second-order valence-corrected chi connectivity index (χ2v) is 6.16. The molecule has 0 aliphatic heterocycles. The molecule has 0 radical (unpaired) electrons. The summed E-state index contributed by atoms with van der Waals surface area (Å²) < 4.78 is 23.4. The van der Waals surface area contributed by atoms with Crippen molar-refractivity contribution in [3.63, 3.8) is 0 Å². The molecule has 0 spiro atoms. The van der Waals surface area contributed by atoms with E-state index in [0.717, 1.165) is 11.1 Å². The third-order valence-electron chi connectivity index (χ3n) is 4.12. The number of aliphatic imine (C=N–C) groups is 1. The number of halogens is 1. The van der Waals surface area contributed by atoms with Gasteiger partial charge in [0.1, 0.15) is 17.1 Å². The van der Waals surface area contributed by atoms with Crippen LogP contribution >= 0.6 is 0 Å². The van der Waals surface area contributed by atoms with Crippen molar-refractivity contribution < 1.29 is 18.7 Å². The number of ether oxygens (including phenoxy) is 2. The minimum Gasteiger partial charge on any atom is -0.496 e. The number of methoxy groups -OCH3 is 2. The van der Waals surface area contributed by atoms with Gasteiger partial charge in [0.2, 0.25) is 0 Å². The molecule has 0 fully saturated rings. The molecule has 0 saturated carbocycles. The zero-order valence-electron chi connectivity index (χ0n) is 16.6. The van der Waals surface area contributed by atoms with Gasteiger partial charge in [0.05, 0.1) is 20.8 Å². The summed E-state index contributed by atoms with van der Waals surface area (Å²) in [5.41, 5.74) is 2.77. The fraction of sp³-hybridized carbons (Fsp3) is 0.333. The van der Waals surface area contributed by atoms with Crippen LogP contribution in [0.5, 0.6) is 5.75 Å². The highest BCUT2D eigenvalue weighted by Crippen LogP contribution is 2.20. The number of rotatable bonds is 7. The third kappa shape index (κ3) is 5.70. The SMILES string of the molecule is CCNC(=NCc1ccc(F)c(C)c1)NCc1ccc(OC)c(C(=O)OC)c1. The lowest BCUT2D eigenvalue weighted by Crippen LogP contribution is -2.36. The van der Waals surface area contributed by atoms with Crippen molar-refractivity contribution in [2.24, 2.45) is 4.99 Å². The van der Waals surface area contributed by atoms with Crippen LogP contribution in [0.4, 0.5) is 4.39 Å². The standard InChI is InChI=1S/C21H26FN3O3/c1-5-23-21(24-12-15-6-8-18(22)14(2)10-15)25-13-16-7-9-19(27-3)17(11-16)20(26)28-4/h6-11H,5,12-13H2,1-4H3,(H2,23,24,25). The second-order valence-electron chi connectivity index (χ2n) is 6.16. The number of nitrogens with zero attached hydrogens (tertiary/aromatic N) is 1. The summed E-state index contributed by atoms with van der Waals surface area (Å²) in [6.45, 7) is 5.29. The molecule has 6 nitrogen and oxygen atoms in total. The Balaban J connectivity index is 2.10. The summed E-state index contributed by atoms with van der Waals surface area (Å²) in [6, 6.07) is 10.3. The van der Waals surface area contributed by atoms with Gasteiger partial charge < -0.3 is 20.1 Å². The van der Waals surface area contributed by atoms with Gasteiger partial charge in [0, 0.05) is 13.1 Å². The molecule has 0 aliphatic rings. The Kier molecular flexibility index (Phi) is 7.80. The van der Waals surface area contributed by atoms with Gasteiger partial charge in [0.15, 0.2) is 5.96 Å². The predicted octanol–water partition coefficient (Wildman–Crippen LogP) is 3.18. The molecule has 0 saturated heterocycles. The van der Waals surface area contributed by atoms with Gasteiger partial charge in [-0.3, -0.25) is 0 Å². The van der Waals surface area contributed by atoms with Gasteiger partial charge in [-0.25, -0.2) is 14.2 Å². The topological polar surface area (TPSA) is 72.0 Å². The van der Waals surface area contributed by atoms with Gasteiger partial charge in [0.25, 0.3) is 0 Å². The zero-order chi connectivity index (χ0) is 20.5. The molecule has 7 heteroatoms. The van der Waals surface area contributed by atoms with Crippen LogP contribution in [0, 0.1) is 12.7 Å². The molecule has 0 atom stereocenters. The van der Waals surface area contributed by atoms with Crippen molar-refractivity contribution in [2.75, 3.05) is 20.8 Å². The van der Waals surface area contributed by atoms with Gasteiger partial charge in [-0.05, 0) is 48.7 Å². The summed E-state index contributed by atoms with van der Waals surface area (Å²) >= 11 is 0. The summed E-state index contributed by atoms with van der Waals surface area (Å²) in [7, 11) is 2.84. The van der Waals surface area contributed by atoms with E-state index in [4.69, 9.17) is 9.47 Å². The summed E-state index contributed by atoms with van der Waals surface area (Å²) in [4.78, 5) is 16.4. The number of hydrogen-bond donors (Lipinski definition) is 2. The lowest BCUT2D eigenvalue weighted by molar-refractivity contribution is 0.0597. The van der Waals surface area contributed by atoms with Crippen LogP contribution in [-0.2, 0) is 17.8 Å². The summed E-state index contributed by atoms with van der Waals surface area (Å²) in [5, 5.41) is 6.40. The molecule has 0 bridgehead atoms. The largest absolute Gasteiger partial charge is 0.496 e. The monoisotopic (exact) mass is 387 g/mol. The molecule has 2 aromatic carbocycles. The van der Waals surface area contributed by atoms with E-state index in [1.165, 1.54) is 20.3 Å². The van der Waals surface area contributed by atoms with E-state index in [1.54, 1.807) is 31.2 Å². The third-order valence-corrected chi connectivity index (χ3v) is 4.12. The lowest BCUT2D eigenvalue weighted by Gasteiger charge is -2.13. The molecule has 2 aromatic rings. The molecular formula is C21H26FN3O3. The van der Waals surface area contributed by atoms with E-state index in [-0.39, 0.29) is 5.82 Å². The first kappa shape index (κ1) is 21.2. The Morgan fingerprint density at radius 3 is 2.50 bits per heavy atom. The van der Waals surface area contributed by atoms with Crippen molar-refractivity contribution >= 4 is 11.9 Å². The normalized spacial score (nSPS) is 11.1. The molecule has 150 valence electrons. The number of esters is 1. The van der Waals surface area contributed by atoms with Crippen molar-refractivity contribution in [2.45, 2.75) is 26.9 Å². The Labute approximate surface area is 164 Å². The molecule has 2 N–H and O–H groups in total. The van der Waals surface area contributed by atoms with Crippen molar-refractivity contribution in [1.29, 1.82) is 0 Å². The smallest absolute Gasteiger partial charge is 0.341 e. The molecular weight excluding hydrogens is 361 g/mol. The molecule has 0 heterocycles. The molecule has 2 rings (SSSR count). The summed E-state index contributed by atoms with van der Waals surface area (Å²) in [6.07, 6.45) is 0. The Morgan fingerprint density at radius 1 is 1.11 bits per heavy atom. The van der Waals surface area contributed by atoms with E-state index < -0.39 is 5.97 Å². The number of guanidine groups is 1. The second kappa shape index (κ2) is 10.3. The maximum atomic E-state index is 13.4. The van der Waals surface area contributed by atoms with Crippen LogP contribution in [0.2, 0.25) is 0 Å². The summed E-state index contributed by atoms with van der Waals surface area (Å²) in [5.74, 6) is 0.410. The van der Waals surface area contributed by atoms with E-state index >= 15 is 0 Å². The van der Waals surface area contributed by atoms with Crippen LogP contribution in [0.3, 0.4) is 0 Å². The minimum absolute atomic E-state index is 0.223. The lowest BCUT2D eigenvalue weighted by atomic mass is 10.1. The van der Waals surface area contributed by atoms with Gasteiger partial charge in [-0.15, -0.1) is 0 Å². The van der Waals surface area contributed by atoms with Crippen LogP contribution in [0.1, 0.15) is 34.0 Å². The maximum absolute atomic E-state index is 13.4. The molecule has 28 heavy (non-hydrogen) atoms. The number of hydrogen-bond acceptors (Lipinski definition) is 4. The quantitative estimate of drug-likeness (QED) is 0.434. The molecule has 0 amide bonds. The number of carbonyl (C=O) groups is 1. The number of benzene rings is 2. The van der Waals surface area contributed by atoms with Gasteiger partial charge in [-0.1, -0.05) is 18.2 Å². The fourth-order valence-corrected chi connectivity index (χ4v) is 2.64. The van der Waals surface area contributed by atoms with Crippen molar-refractivity contribution in [3.05, 3.63) is 64.5 Å². The first-order valence-corrected chi connectivity index (χ1v) is 9.01. The van der Waals surface area contributed by atoms with Crippen LogP contribution in [-0.4, -0.2) is 32.7 Å². The zero-order valence-corrected chi connectivity index (χ0v) is 16.6. The average Bonchev–Trinajstić information content (AvgIpc) is 2.71. The van der Waals surface area contributed by atoms with E-state index in [2.05, 4.69) is 15.6 Å². The molecule has 0 aliphatic carbocycles. The highest BCUT2D eigenvalue weighted by Gasteiger charge is 2.13. The minimum atomic E-state index is -0.453. The maximum Gasteiger partial charge on any atom is 0.341 e. The van der Waals surface area contributed by atoms with Crippen molar-refractivity contribution in [1.82, 2.24) is 10.6 Å². The van der Waals surface area contributed by atoms with E-state index in [0.29, 0.717) is 42.5 Å². The highest BCUT2D eigenvalue weighted by molar-refractivity contribution is 5.92. The van der Waals surface area contributed by atoms with Gasteiger partial charge in [-0.2, -0.15) is 0 Å². The van der Waals surface area contributed by atoms with Crippen LogP contribution in [0.25, 0.3) is 0 Å². The fourth-order valence-electron chi connectivity index (χ4n) is 2.64. The predicted molar refractivity (Wildman–Crippen MR) is 107 cm³/mol. The Morgan fingerprint density at radius 2 is 1.86 bits per heavy atom.